The zero-order chi connectivity index (χ0) is 15.2. The first-order chi connectivity index (χ1) is 10.1. The smallest absolute Gasteiger partial charge is 0.227 e. The van der Waals surface area contributed by atoms with Gasteiger partial charge in [0.25, 0.3) is 0 Å². The van der Waals surface area contributed by atoms with Crippen molar-refractivity contribution in [2.24, 2.45) is 4.99 Å². The number of amides is 1. The van der Waals surface area contributed by atoms with Gasteiger partial charge in [-0.05, 0) is 38.0 Å². The molecule has 0 atom stereocenters. The highest BCUT2D eigenvalue weighted by molar-refractivity contribution is 5.95. The number of rotatable bonds is 4. The van der Waals surface area contributed by atoms with E-state index < -0.39 is 0 Å². The van der Waals surface area contributed by atoms with Gasteiger partial charge < -0.3 is 15.5 Å². The molecule has 21 heavy (non-hydrogen) atoms. The molecule has 5 nitrogen and oxygen atoms in total. The summed E-state index contributed by atoms with van der Waals surface area (Å²) in [6.07, 6.45) is 1.62. The van der Waals surface area contributed by atoms with Gasteiger partial charge in [-0.25, -0.2) is 0 Å². The molecule has 0 aromatic heterocycles. The van der Waals surface area contributed by atoms with Crippen molar-refractivity contribution >= 4 is 17.6 Å². The molecule has 114 valence electrons. The maximum atomic E-state index is 11.7. The Bertz CT molecular complexity index is 508. The van der Waals surface area contributed by atoms with Crippen LogP contribution in [0.2, 0.25) is 0 Å². The van der Waals surface area contributed by atoms with E-state index in [9.17, 15) is 4.79 Å². The Balaban J connectivity index is 1.92. The molecular formula is C16H24N4O. The first kappa shape index (κ1) is 15.4. The summed E-state index contributed by atoms with van der Waals surface area (Å²) in [7, 11) is 1.76. The summed E-state index contributed by atoms with van der Waals surface area (Å²) >= 11 is 0. The zero-order valence-electron chi connectivity index (χ0n) is 13.0. The highest BCUT2D eigenvalue weighted by atomic mass is 16.2. The SMILES string of the molecule is CN=C(NCc1ccc(N2CCCC2=O)cc1)NC(C)C. The molecule has 0 radical (unpaired) electrons. The molecule has 1 saturated heterocycles. The molecule has 1 aliphatic rings. The van der Waals surface area contributed by atoms with Crippen molar-refractivity contribution in [3.05, 3.63) is 29.8 Å². The molecule has 1 aromatic rings. The van der Waals surface area contributed by atoms with E-state index in [4.69, 9.17) is 0 Å². The van der Waals surface area contributed by atoms with Crippen molar-refractivity contribution in [3.63, 3.8) is 0 Å². The third-order valence-corrected chi connectivity index (χ3v) is 3.43. The monoisotopic (exact) mass is 288 g/mol. The zero-order valence-corrected chi connectivity index (χ0v) is 13.0. The Labute approximate surface area is 126 Å². The lowest BCUT2D eigenvalue weighted by Gasteiger charge is -2.17. The van der Waals surface area contributed by atoms with E-state index in [0.29, 0.717) is 19.0 Å². The van der Waals surface area contributed by atoms with Gasteiger partial charge >= 0.3 is 0 Å². The predicted molar refractivity (Wildman–Crippen MR) is 86.5 cm³/mol. The Hall–Kier alpha value is -2.04. The fourth-order valence-corrected chi connectivity index (χ4v) is 2.37. The second kappa shape index (κ2) is 7.11. The van der Waals surface area contributed by atoms with E-state index in [-0.39, 0.29) is 5.91 Å². The average molecular weight is 288 g/mol. The first-order valence-corrected chi connectivity index (χ1v) is 7.46. The third-order valence-electron chi connectivity index (χ3n) is 3.43. The number of benzene rings is 1. The second-order valence-corrected chi connectivity index (χ2v) is 5.54. The van der Waals surface area contributed by atoms with Crippen LogP contribution in [-0.4, -0.2) is 31.5 Å². The van der Waals surface area contributed by atoms with Gasteiger partial charge in [0.15, 0.2) is 5.96 Å². The molecule has 1 amide bonds. The van der Waals surface area contributed by atoms with Crippen molar-refractivity contribution < 1.29 is 4.79 Å². The van der Waals surface area contributed by atoms with Gasteiger partial charge in [0.05, 0.1) is 0 Å². The van der Waals surface area contributed by atoms with Crippen LogP contribution in [0, 0.1) is 0 Å². The van der Waals surface area contributed by atoms with Gasteiger partial charge in [0.2, 0.25) is 5.91 Å². The van der Waals surface area contributed by atoms with Gasteiger partial charge in [0.1, 0.15) is 0 Å². The summed E-state index contributed by atoms with van der Waals surface area (Å²) in [6.45, 7) is 5.70. The topological polar surface area (TPSA) is 56.7 Å². The van der Waals surface area contributed by atoms with E-state index in [0.717, 1.165) is 30.2 Å². The standard InChI is InChI=1S/C16H24N4O/c1-12(2)19-16(17-3)18-11-13-6-8-14(9-7-13)20-10-4-5-15(20)21/h6-9,12H,4-5,10-11H2,1-3H3,(H2,17,18,19). The number of carbonyl (C=O) groups is 1. The number of nitrogens with one attached hydrogen (secondary N) is 2. The van der Waals surface area contributed by atoms with Crippen LogP contribution in [0.25, 0.3) is 0 Å². The van der Waals surface area contributed by atoms with Gasteiger partial charge in [-0.15, -0.1) is 0 Å². The summed E-state index contributed by atoms with van der Waals surface area (Å²) in [6, 6.07) is 8.48. The lowest BCUT2D eigenvalue weighted by Crippen LogP contribution is -2.40. The summed E-state index contributed by atoms with van der Waals surface area (Å²) in [5, 5.41) is 6.52. The fourth-order valence-electron chi connectivity index (χ4n) is 2.37. The minimum absolute atomic E-state index is 0.224. The van der Waals surface area contributed by atoms with E-state index in [1.807, 2.05) is 17.0 Å². The van der Waals surface area contributed by atoms with Gasteiger partial charge in [0, 0.05) is 38.3 Å². The van der Waals surface area contributed by atoms with Gasteiger partial charge in [-0.1, -0.05) is 12.1 Å². The normalized spacial score (nSPS) is 15.7. The van der Waals surface area contributed by atoms with Gasteiger partial charge in [-0.2, -0.15) is 0 Å². The van der Waals surface area contributed by atoms with Crippen LogP contribution in [0.1, 0.15) is 32.3 Å². The largest absolute Gasteiger partial charge is 0.354 e. The molecule has 1 fully saturated rings. The molecule has 0 aliphatic carbocycles. The quantitative estimate of drug-likeness (QED) is 0.657. The predicted octanol–water partition coefficient (Wildman–Crippen LogP) is 1.89. The minimum Gasteiger partial charge on any atom is -0.354 e. The van der Waals surface area contributed by atoms with E-state index >= 15 is 0 Å². The van der Waals surface area contributed by atoms with Crippen LogP contribution in [0.15, 0.2) is 29.3 Å². The maximum absolute atomic E-state index is 11.7. The Morgan fingerprint density at radius 2 is 2.05 bits per heavy atom. The number of aliphatic imine (C=N–C) groups is 1. The Morgan fingerprint density at radius 3 is 2.57 bits per heavy atom. The summed E-state index contributed by atoms with van der Waals surface area (Å²) in [5.41, 5.74) is 2.16. The summed E-state index contributed by atoms with van der Waals surface area (Å²) in [4.78, 5) is 17.7. The maximum Gasteiger partial charge on any atom is 0.227 e. The van der Waals surface area contributed by atoms with Crippen LogP contribution >= 0.6 is 0 Å². The minimum atomic E-state index is 0.224. The summed E-state index contributed by atoms with van der Waals surface area (Å²) < 4.78 is 0. The van der Waals surface area contributed by atoms with Crippen LogP contribution < -0.4 is 15.5 Å². The highest BCUT2D eigenvalue weighted by Gasteiger charge is 2.21. The number of hydrogen-bond acceptors (Lipinski definition) is 2. The molecule has 2 N–H and O–H groups in total. The number of nitrogens with zero attached hydrogens (tertiary/aromatic N) is 2. The van der Waals surface area contributed by atoms with Crippen molar-refractivity contribution in [2.45, 2.75) is 39.3 Å². The number of anilines is 1. The molecule has 0 saturated carbocycles. The molecule has 0 unspecified atom stereocenters. The van der Waals surface area contributed by atoms with Crippen molar-refractivity contribution in [2.75, 3.05) is 18.5 Å². The average Bonchev–Trinajstić information content (AvgIpc) is 2.90. The lowest BCUT2D eigenvalue weighted by molar-refractivity contribution is -0.117. The van der Waals surface area contributed by atoms with Crippen LogP contribution in [0.3, 0.4) is 0 Å². The molecule has 0 bridgehead atoms. The first-order valence-electron chi connectivity index (χ1n) is 7.46. The van der Waals surface area contributed by atoms with E-state index in [1.165, 1.54) is 0 Å². The molecule has 1 aliphatic heterocycles. The van der Waals surface area contributed by atoms with Crippen molar-refractivity contribution in [3.8, 4) is 0 Å². The van der Waals surface area contributed by atoms with Crippen LogP contribution in [-0.2, 0) is 11.3 Å². The second-order valence-electron chi connectivity index (χ2n) is 5.54. The fraction of sp³-hybridized carbons (Fsp3) is 0.500. The molecule has 2 rings (SSSR count). The Kier molecular flexibility index (Phi) is 5.20. The number of carbonyl (C=O) groups excluding carboxylic acids is 1. The number of hydrogen-bond donors (Lipinski definition) is 2. The Morgan fingerprint density at radius 1 is 1.33 bits per heavy atom. The van der Waals surface area contributed by atoms with Crippen LogP contribution in [0.4, 0.5) is 5.69 Å². The van der Waals surface area contributed by atoms with Crippen molar-refractivity contribution in [1.29, 1.82) is 0 Å². The number of guanidine groups is 1. The van der Waals surface area contributed by atoms with E-state index in [2.05, 4.69) is 41.6 Å². The third kappa shape index (κ3) is 4.21. The molecule has 1 aromatic carbocycles. The molecule has 5 heteroatoms. The van der Waals surface area contributed by atoms with E-state index in [1.54, 1.807) is 7.05 Å². The summed E-state index contributed by atoms with van der Waals surface area (Å²) in [5.74, 6) is 1.02. The van der Waals surface area contributed by atoms with Crippen molar-refractivity contribution in [1.82, 2.24) is 10.6 Å². The molecular weight excluding hydrogens is 264 g/mol. The molecule has 1 heterocycles. The molecule has 0 spiro atoms. The van der Waals surface area contributed by atoms with Gasteiger partial charge in [-0.3, -0.25) is 9.79 Å². The highest BCUT2D eigenvalue weighted by Crippen LogP contribution is 2.21. The van der Waals surface area contributed by atoms with Crippen LogP contribution in [0.5, 0.6) is 0 Å². The lowest BCUT2D eigenvalue weighted by atomic mass is 10.2.